The van der Waals surface area contributed by atoms with Gasteiger partial charge in [-0.1, -0.05) is 0 Å². The number of hydrogen-bond acceptors (Lipinski definition) is 0. The summed E-state index contributed by atoms with van der Waals surface area (Å²) in [5.74, 6) is 0. The third-order valence-electron chi connectivity index (χ3n) is 3.06. The fourth-order valence-corrected chi connectivity index (χ4v) is 4.04. The van der Waals surface area contributed by atoms with E-state index in [1.54, 1.807) is 5.57 Å². The molecule has 1 aliphatic carbocycles. The van der Waals surface area contributed by atoms with Gasteiger partial charge in [-0.3, -0.25) is 0 Å². The van der Waals surface area contributed by atoms with E-state index in [0.717, 1.165) is 0 Å². The van der Waals surface area contributed by atoms with Gasteiger partial charge in [-0.15, -0.1) is 0 Å². The molecule has 0 aliphatic heterocycles. The van der Waals surface area contributed by atoms with Crippen molar-refractivity contribution < 1.29 is 21.2 Å². The first-order valence-corrected chi connectivity index (χ1v) is 8.21. The van der Waals surface area contributed by atoms with Crippen LogP contribution >= 0.6 is 0 Å². The molecule has 0 atom stereocenters. The van der Waals surface area contributed by atoms with E-state index < -0.39 is 0 Å². The number of fused-ring (bicyclic) bond motifs is 1. The van der Waals surface area contributed by atoms with Crippen molar-refractivity contribution in [2.24, 2.45) is 0 Å². The minimum absolute atomic E-state index is 0.161. The van der Waals surface area contributed by atoms with Crippen LogP contribution in [-0.4, -0.2) is 4.43 Å². The van der Waals surface area contributed by atoms with Crippen molar-refractivity contribution in [3.63, 3.8) is 0 Å². The quantitative estimate of drug-likeness (QED) is 0.573. The van der Waals surface area contributed by atoms with Gasteiger partial charge in [0.1, 0.15) is 0 Å². The van der Waals surface area contributed by atoms with E-state index in [-0.39, 0.29) is 21.2 Å². The van der Waals surface area contributed by atoms with Gasteiger partial charge in [0.05, 0.1) is 0 Å². The Labute approximate surface area is 109 Å². The van der Waals surface area contributed by atoms with Crippen LogP contribution in [0, 0.1) is 6.92 Å². The van der Waals surface area contributed by atoms with Crippen LogP contribution in [0.3, 0.4) is 0 Å². The summed E-state index contributed by atoms with van der Waals surface area (Å²) in [5.41, 5.74) is 7.55. The first kappa shape index (κ1) is 11.9. The molecular formula is C15H18I-. The fourth-order valence-electron chi connectivity index (χ4n) is 2.09. The van der Waals surface area contributed by atoms with Crippen LogP contribution in [0.25, 0.3) is 5.57 Å². The van der Waals surface area contributed by atoms with Crippen molar-refractivity contribution in [3.8, 4) is 0 Å². The molecule has 0 heterocycles. The first-order valence-electron chi connectivity index (χ1n) is 5.61. The molecule has 86 valence electrons. The van der Waals surface area contributed by atoms with Gasteiger partial charge in [0.15, 0.2) is 0 Å². The number of halogens is 1. The molecule has 0 radical (unpaired) electrons. The molecule has 1 aliphatic rings. The number of aryl methyl sites for hydroxylation is 1. The van der Waals surface area contributed by atoms with E-state index in [4.69, 9.17) is 0 Å². The molecule has 0 nitrogen and oxygen atoms in total. The fraction of sp³-hybridized carbons (Fsp3) is 0.333. The Hall–Kier alpha value is -0.570. The summed E-state index contributed by atoms with van der Waals surface area (Å²) in [4.78, 5) is 0. The number of benzene rings is 1. The van der Waals surface area contributed by atoms with Crippen molar-refractivity contribution in [1.29, 1.82) is 0 Å². The van der Waals surface area contributed by atoms with Crippen molar-refractivity contribution in [1.82, 2.24) is 0 Å². The standard InChI is InChI=1S/C15H18I/c1-10(2)16-9-14-8-13-6-5-11(3)7-15(13)12(14)4/h5-7H,1,8-9H2,2-4H3/q-1. The molecule has 0 fully saturated rings. The summed E-state index contributed by atoms with van der Waals surface area (Å²) < 4.78 is 2.68. The van der Waals surface area contributed by atoms with E-state index in [0.29, 0.717) is 0 Å². The van der Waals surface area contributed by atoms with Crippen molar-refractivity contribution in [3.05, 3.63) is 50.6 Å². The van der Waals surface area contributed by atoms with E-state index in [2.05, 4.69) is 45.5 Å². The third kappa shape index (κ3) is 2.40. The molecule has 1 heteroatoms. The van der Waals surface area contributed by atoms with Gasteiger partial charge in [-0.2, -0.15) is 0 Å². The van der Waals surface area contributed by atoms with Crippen LogP contribution in [0.5, 0.6) is 0 Å². The molecule has 1 aromatic carbocycles. The Bertz CT molecular complexity index is 466. The summed E-state index contributed by atoms with van der Waals surface area (Å²) in [6, 6.07) is 6.85. The van der Waals surface area contributed by atoms with Crippen LogP contribution in [-0.2, 0) is 6.42 Å². The van der Waals surface area contributed by atoms with E-state index in [1.807, 2.05) is 0 Å². The minimum atomic E-state index is 0.161. The third-order valence-corrected chi connectivity index (χ3v) is 5.66. The van der Waals surface area contributed by atoms with Gasteiger partial charge in [-0.25, -0.2) is 0 Å². The average Bonchev–Trinajstić information content (AvgIpc) is 2.53. The number of alkyl halides is 1. The van der Waals surface area contributed by atoms with Gasteiger partial charge in [0.2, 0.25) is 0 Å². The van der Waals surface area contributed by atoms with Gasteiger partial charge in [0.25, 0.3) is 0 Å². The first-order chi connectivity index (χ1) is 7.58. The SMILES string of the molecule is C=C(C)[I-]CC1=C(C)c2cc(C)ccc2C1. The summed E-state index contributed by atoms with van der Waals surface area (Å²) in [6.07, 6.45) is 1.18. The molecular weight excluding hydrogens is 307 g/mol. The predicted molar refractivity (Wildman–Crippen MR) is 67.2 cm³/mol. The molecule has 0 saturated carbocycles. The summed E-state index contributed by atoms with van der Waals surface area (Å²) in [6.45, 7) is 10.6. The molecule has 0 bridgehead atoms. The van der Waals surface area contributed by atoms with Crippen LogP contribution in [0.1, 0.15) is 30.5 Å². The maximum atomic E-state index is 4.03. The normalized spacial score (nSPS) is 14.4. The monoisotopic (exact) mass is 325 g/mol. The molecule has 2 rings (SSSR count). The van der Waals surface area contributed by atoms with Gasteiger partial charge < -0.3 is 0 Å². The van der Waals surface area contributed by atoms with Gasteiger partial charge in [0, 0.05) is 0 Å². The Kier molecular flexibility index (Phi) is 3.53. The molecule has 0 saturated heterocycles. The van der Waals surface area contributed by atoms with E-state index in [1.165, 1.54) is 36.7 Å². The molecule has 0 aromatic heterocycles. The number of rotatable bonds is 3. The van der Waals surface area contributed by atoms with E-state index in [9.17, 15) is 0 Å². The summed E-state index contributed by atoms with van der Waals surface area (Å²) in [7, 11) is 0. The van der Waals surface area contributed by atoms with Crippen LogP contribution < -0.4 is 21.2 Å². The molecule has 0 spiro atoms. The topological polar surface area (TPSA) is 0 Å². The molecule has 0 N–H and O–H groups in total. The van der Waals surface area contributed by atoms with Crippen LogP contribution in [0.2, 0.25) is 0 Å². The van der Waals surface area contributed by atoms with Gasteiger partial charge >= 0.3 is 109 Å². The van der Waals surface area contributed by atoms with Crippen molar-refractivity contribution >= 4 is 5.57 Å². The van der Waals surface area contributed by atoms with Crippen molar-refractivity contribution in [2.45, 2.75) is 27.2 Å². The number of allylic oxidation sites excluding steroid dienone is 3. The Morgan fingerprint density at radius 3 is 2.81 bits per heavy atom. The zero-order valence-corrected chi connectivity index (χ0v) is 12.4. The zero-order valence-electron chi connectivity index (χ0n) is 10.2. The molecule has 0 amide bonds. The van der Waals surface area contributed by atoms with Crippen molar-refractivity contribution in [2.75, 3.05) is 4.43 Å². The molecule has 1 aromatic rings. The van der Waals surface area contributed by atoms with Crippen LogP contribution in [0.15, 0.2) is 33.9 Å². The van der Waals surface area contributed by atoms with Crippen LogP contribution in [0.4, 0.5) is 0 Å². The van der Waals surface area contributed by atoms with E-state index >= 15 is 0 Å². The second kappa shape index (κ2) is 4.74. The predicted octanol–water partition coefficient (Wildman–Crippen LogP) is 0.947. The molecule has 16 heavy (non-hydrogen) atoms. The average molecular weight is 325 g/mol. The zero-order chi connectivity index (χ0) is 11.7. The second-order valence-electron chi connectivity index (χ2n) is 4.51. The van der Waals surface area contributed by atoms with Gasteiger partial charge in [-0.05, 0) is 0 Å². The number of hydrogen-bond donors (Lipinski definition) is 0. The Morgan fingerprint density at radius 1 is 1.38 bits per heavy atom. The molecule has 0 unspecified atom stereocenters. The summed E-state index contributed by atoms with van der Waals surface area (Å²) >= 11 is 0.161. The maximum absolute atomic E-state index is 4.03. The second-order valence-corrected chi connectivity index (χ2v) is 7.88. The summed E-state index contributed by atoms with van der Waals surface area (Å²) in [5, 5.41) is 0. The Morgan fingerprint density at radius 2 is 2.12 bits per heavy atom. The Balaban J connectivity index is 2.23.